The molecule has 2 N–H and O–H groups in total. The highest BCUT2D eigenvalue weighted by Crippen LogP contribution is 2.16. The van der Waals surface area contributed by atoms with E-state index in [1.54, 1.807) is 19.4 Å². The molecule has 1 aromatic heterocycles. The SMILES string of the molecule is COc1cc(N)cnc1C. The van der Waals surface area contributed by atoms with Crippen molar-refractivity contribution in [1.82, 2.24) is 4.98 Å². The second-order valence-electron chi connectivity index (χ2n) is 2.06. The second kappa shape index (κ2) is 2.56. The van der Waals surface area contributed by atoms with Crippen LogP contribution in [0.25, 0.3) is 0 Å². The van der Waals surface area contributed by atoms with E-state index in [0.717, 1.165) is 11.4 Å². The van der Waals surface area contributed by atoms with E-state index in [9.17, 15) is 0 Å². The molecule has 3 nitrogen and oxygen atoms in total. The maximum absolute atomic E-state index is 5.46. The third-order valence-corrected chi connectivity index (χ3v) is 1.28. The van der Waals surface area contributed by atoms with Crippen molar-refractivity contribution in [2.75, 3.05) is 12.8 Å². The molecule has 0 saturated carbocycles. The van der Waals surface area contributed by atoms with Gasteiger partial charge in [-0.15, -0.1) is 0 Å². The average molecular weight is 138 g/mol. The van der Waals surface area contributed by atoms with Crippen molar-refractivity contribution in [3.05, 3.63) is 18.0 Å². The molecule has 54 valence electrons. The number of pyridine rings is 1. The molecule has 0 saturated heterocycles. The van der Waals surface area contributed by atoms with Crippen LogP contribution in [0.4, 0.5) is 5.69 Å². The molecule has 0 bridgehead atoms. The van der Waals surface area contributed by atoms with Gasteiger partial charge >= 0.3 is 0 Å². The number of nitrogens with zero attached hydrogens (tertiary/aromatic N) is 1. The van der Waals surface area contributed by atoms with Gasteiger partial charge < -0.3 is 10.5 Å². The summed E-state index contributed by atoms with van der Waals surface area (Å²) in [6.45, 7) is 1.87. The Bertz CT molecular complexity index is 235. The fourth-order valence-corrected chi connectivity index (χ4v) is 0.735. The van der Waals surface area contributed by atoms with E-state index in [1.807, 2.05) is 6.92 Å². The Morgan fingerprint density at radius 1 is 1.60 bits per heavy atom. The van der Waals surface area contributed by atoms with Crippen molar-refractivity contribution in [2.24, 2.45) is 0 Å². The largest absolute Gasteiger partial charge is 0.495 e. The summed E-state index contributed by atoms with van der Waals surface area (Å²) in [5.41, 5.74) is 6.95. The van der Waals surface area contributed by atoms with Crippen LogP contribution in [-0.2, 0) is 0 Å². The Labute approximate surface area is 59.8 Å². The molecule has 1 rings (SSSR count). The minimum atomic E-state index is 0.627. The quantitative estimate of drug-likeness (QED) is 0.629. The van der Waals surface area contributed by atoms with Crippen LogP contribution >= 0.6 is 0 Å². The van der Waals surface area contributed by atoms with E-state index in [0.29, 0.717) is 5.69 Å². The summed E-state index contributed by atoms with van der Waals surface area (Å²) >= 11 is 0. The van der Waals surface area contributed by atoms with Gasteiger partial charge in [-0.3, -0.25) is 4.98 Å². The number of aromatic nitrogens is 1. The van der Waals surface area contributed by atoms with Crippen LogP contribution in [0.5, 0.6) is 5.75 Å². The van der Waals surface area contributed by atoms with Gasteiger partial charge in [-0.25, -0.2) is 0 Å². The first kappa shape index (κ1) is 6.86. The lowest BCUT2D eigenvalue weighted by Crippen LogP contribution is -1.93. The lowest BCUT2D eigenvalue weighted by Gasteiger charge is -2.02. The summed E-state index contributed by atoms with van der Waals surface area (Å²) in [5.74, 6) is 0.736. The maximum Gasteiger partial charge on any atom is 0.142 e. The van der Waals surface area contributed by atoms with Gasteiger partial charge in [0.25, 0.3) is 0 Å². The molecule has 0 spiro atoms. The van der Waals surface area contributed by atoms with Gasteiger partial charge in [0.1, 0.15) is 5.75 Å². The number of rotatable bonds is 1. The molecule has 1 heterocycles. The minimum absolute atomic E-state index is 0.627. The maximum atomic E-state index is 5.46. The van der Waals surface area contributed by atoms with Crippen molar-refractivity contribution in [3.63, 3.8) is 0 Å². The van der Waals surface area contributed by atoms with Crippen LogP contribution in [-0.4, -0.2) is 12.1 Å². The molecule has 0 aliphatic heterocycles. The molecular formula is C7H10N2O. The van der Waals surface area contributed by atoms with Crippen molar-refractivity contribution in [3.8, 4) is 5.75 Å². The topological polar surface area (TPSA) is 48.1 Å². The van der Waals surface area contributed by atoms with Gasteiger partial charge in [0.15, 0.2) is 0 Å². The van der Waals surface area contributed by atoms with Crippen LogP contribution in [0.2, 0.25) is 0 Å². The first-order valence-corrected chi connectivity index (χ1v) is 3.00. The van der Waals surface area contributed by atoms with Crippen molar-refractivity contribution >= 4 is 5.69 Å². The van der Waals surface area contributed by atoms with Crippen molar-refractivity contribution in [2.45, 2.75) is 6.92 Å². The Morgan fingerprint density at radius 3 is 2.80 bits per heavy atom. The molecule has 3 heteroatoms. The van der Waals surface area contributed by atoms with E-state index >= 15 is 0 Å². The average Bonchev–Trinajstić information content (AvgIpc) is 1.94. The van der Waals surface area contributed by atoms with E-state index in [-0.39, 0.29) is 0 Å². The number of ether oxygens (including phenoxy) is 1. The van der Waals surface area contributed by atoms with Crippen molar-refractivity contribution < 1.29 is 4.74 Å². The van der Waals surface area contributed by atoms with E-state index in [1.165, 1.54) is 0 Å². The van der Waals surface area contributed by atoms with E-state index < -0.39 is 0 Å². The summed E-state index contributed by atoms with van der Waals surface area (Å²) in [6.07, 6.45) is 1.61. The first-order valence-electron chi connectivity index (χ1n) is 3.00. The molecule has 0 fully saturated rings. The lowest BCUT2D eigenvalue weighted by molar-refractivity contribution is 0.409. The Balaban J connectivity index is 3.09. The summed E-state index contributed by atoms with van der Waals surface area (Å²) < 4.78 is 4.98. The molecular weight excluding hydrogens is 128 g/mol. The normalized spacial score (nSPS) is 9.40. The number of nitrogen functional groups attached to an aromatic ring is 1. The highest BCUT2D eigenvalue weighted by Gasteiger charge is 1.97. The monoisotopic (exact) mass is 138 g/mol. The highest BCUT2D eigenvalue weighted by atomic mass is 16.5. The molecule has 0 aliphatic carbocycles. The number of hydrogen-bond donors (Lipinski definition) is 1. The zero-order valence-corrected chi connectivity index (χ0v) is 6.09. The van der Waals surface area contributed by atoms with Crippen LogP contribution in [0.1, 0.15) is 5.69 Å². The van der Waals surface area contributed by atoms with Gasteiger partial charge in [-0.05, 0) is 6.92 Å². The number of anilines is 1. The predicted molar refractivity (Wildman–Crippen MR) is 39.9 cm³/mol. The van der Waals surface area contributed by atoms with Crippen LogP contribution < -0.4 is 10.5 Å². The van der Waals surface area contributed by atoms with Gasteiger partial charge in [0.05, 0.1) is 24.7 Å². The summed E-state index contributed by atoms with van der Waals surface area (Å²) in [5, 5.41) is 0. The van der Waals surface area contributed by atoms with Crippen LogP contribution in [0.3, 0.4) is 0 Å². The van der Waals surface area contributed by atoms with Crippen LogP contribution in [0.15, 0.2) is 12.3 Å². The molecule has 0 amide bonds. The fraction of sp³-hybridized carbons (Fsp3) is 0.286. The molecule has 0 unspecified atom stereocenters. The van der Waals surface area contributed by atoms with Gasteiger partial charge in [-0.1, -0.05) is 0 Å². The van der Waals surface area contributed by atoms with Gasteiger partial charge in [0, 0.05) is 6.07 Å². The second-order valence-corrected chi connectivity index (χ2v) is 2.06. The number of hydrogen-bond acceptors (Lipinski definition) is 3. The van der Waals surface area contributed by atoms with E-state index in [2.05, 4.69) is 4.98 Å². The Kier molecular flexibility index (Phi) is 1.76. The summed E-state index contributed by atoms with van der Waals surface area (Å²) in [4.78, 5) is 4.00. The summed E-state index contributed by atoms with van der Waals surface area (Å²) in [7, 11) is 1.60. The lowest BCUT2D eigenvalue weighted by atomic mass is 10.3. The summed E-state index contributed by atoms with van der Waals surface area (Å²) in [6, 6.07) is 1.75. The fourth-order valence-electron chi connectivity index (χ4n) is 0.735. The third-order valence-electron chi connectivity index (χ3n) is 1.28. The molecule has 1 aromatic rings. The molecule has 0 radical (unpaired) electrons. The molecule has 10 heavy (non-hydrogen) atoms. The first-order chi connectivity index (χ1) is 4.74. The zero-order valence-electron chi connectivity index (χ0n) is 6.09. The standard InChI is InChI=1S/C7H10N2O/c1-5-7(10-2)3-6(8)4-9-5/h3-4H,8H2,1-2H3. The molecule has 0 aromatic carbocycles. The zero-order chi connectivity index (χ0) is 7.56. The number of aryl methyl sites for hydroxylation is 1. The Hall–Kier alpha value is -1.25. The number of nitrogens with two attached hydrogens (primary N) is 1. The molecule has 0 aliphatic rings. The van der Waals surface area contributed by atoms with E-state index in [4.69, 9.17) is 10.5 Å². The molecule has 0 atom stereocenters. The Morgan fingerprint density at radius 2 is 2.30 bits per heavy atom. The van der Waals surface area contributed by atoms with Gasteiger partial charge in [0.2, 0.25) is 0 Å². The minimum Gasteiger partial charge on any atom is -0.495 e. The highest BCUT2D eigenvalue weighted by molar-refractivity contribution is 5.43. The van der Waals surface area contributed by atoms with Gasteiger partial charge in [-0.2, -0.15) is 0 Å². The van der Waals surface area contributed by atoms with Crippen LogP contribution in [0, 0.1) is 6.92 Å². The smallest absolute Gasteiger partial charge is 0.142 e. The third kappa shape index (κ3) is 1.18. The predicted octanol–water partition coefficient (Wildman–Crippen LogP) is 0.981. The van der Waals surface area contributed by atoms with Crippen molar-refractivity contribution in [1.29, 1.82) is 0 Å². The number of methoxy groups -OCH3 is 1.